The molecule has 9 rings (SSSR count). The number of hydrogen-bond acceptors (Lipinski definition) is 2. The Labute approximate surface area is 248 Å². The molecule has 0 N–H and O–H groups in total. The van der Waals surface area contributed by atoms with Gasteiger partial charge in [-0.15, -0.1) is 0 Å². The number of nitrogens with zero attached hydrogens (tertiary/aromatic N) is 1. The second-order valence-corrected chi connectivity index (χ2v) is 11.1. The summed E-state index contributed by atoms with van der Waals surface area (Å²) >= 11 is 0. The van der Waals surface area contributed by atoms with Gasteiger partial charge in [0.15, 0.2) is 0 Å². The molecule has 2 heteroatoms. The molecule has 0 saturated heterocycles. The zero-order valence-electron chi connectivity index (χ0n) is 23.3. The summed E-state index contributed by atoms with van der Waals surface area (Å²) in [6, 6.07) is 51.7. The molecular formula is C41H25NO. The van der Waals surface area contributed by atoms with Crippen molar-refractivity contribution in [2.24, 2.45) is 0 Å². The van der Waals surface area contributed by atoms with Crippen molar-refractivity contribution in [3.63, 3.8) is 0 Å². The van der Waals surface area contributed by atoms with Crippen LogP contribution in [0.2, 0.25) is 0 Å². The fraction of sp³-hybridized carbons (Fsp3) is 0. The molecule has 0 aliphatic heterocycles. The first kappa shape index (κ1) is 23.9. The molecule has 43 heavy (non-hydrogen) atoms. The summed E-state index contributed by atoms with van der Waals surface area (Å²) < 4.78 is 6.33. The van der Waals surface area contributed by atoms with Gasteiger partial charge in [0, 0.05) is 28.1 Å². The minimum atomic E-state index is 0.877. The highest BCUT2D eigenvalue weighted by molar-refractivity contribution is 6.21. The van der Waals surface area contributed by atoms with Gasteiger partial charge in [-0.1, -0.05) is 115 Å². The Hall–Kier alpha value is -5.73. The average Bonchev–Trinajstić information content (AvgIpc) is 3.43. The van der Waals surface area contributed by atoms with E-state index in [0.29, 0.717) is 0 Å². The minimum absolute atomic E-state index is 0.877. The lowest BCUT2D eigenvalue weighted by molar-refractivity contribution is 0.669. The van der Waals surface area contributed by atoms with Gasteiger partial charge in [-0.05, 0) is 79.3 Å². The van der Waals surface area contributed by atoms with Crippen LogP contribution in [0.3, 0.4) is 0 Å². The molecule has 200 valence electrons. The molecule has 0 unspecified atom stereocenters. The van der Waals surface area contributed by atoms with Crippen LogP contribution in [0.4, 0.5) is 0 Å². The number of benzene rings is 7. The van der Waals surface area contributed by atoms with E-state index in [1.165, 1.54) is 49.0 Å². The van der Waals surface area contributed by atoms with Gasteiger partial charge in [-0.2, -0.15) is 0 Å². The van der Waals surface area contributed by atoms with Crippen molar-refractivity contribution in [3.8, 4) is 33.5 Å². The number of furan rings is 1. The lowest BCUT2D eigenvalue weighted by Crippen LogP contribution is -1.91. The summed E-state index contributed by atoms with van der Waals surface area (Å²) in [7, 11) is 0. The van der Waals surface area contributed by atoms with E-state index in [4.69, 9.17) is 9.40 Å². The van der Waals surface area contributed by atoms with E-state index in [0.717, 1.165) is 38.8 Å². The third kappa shape index (κ3) is 3.77. The average molecular weight is 548 g/mol. The van der Waals surface area contributed by atoms with Crippen LogP contribution in [-0.4, -0.2) is 4.98 Å². The maximum atomic E-state index is 6.33. The highest BCUT2D eigenvalue weighted by atomic mass is 16.3. The first-order chi connectivity index (χ1) is 21.3. The quantitative estimate of drug-likeness (QED) is 0.206. The van der Waals surface area contributed by atoms with E-state index in [1.54, 1.807) is 0 Å². The van der Waals surface area contributed by atoms with Gasteiger partial charge >= 0.3 is 0 Å². The van der Waals surface area contributed by atoms with E-state index in [1.807, 2.05) is 6.20 Å². The lowest BCUT2D eigenvalue weighted by Gasteiger charge is -2.17. The van der Waals surface area contributed by atoms with E-state index >= 15 is 0 Å². The Bertz CT molecular complexity index is 2430. The molecule has 0 saturated carbocycles. The van der Waals surface area contributed by atoms with Crippen LogP contribution in [0.25, 0.3) is 87.8 Å². The standard InChI is InChI=1S/C41H25NO/c1-2-10-26(11-3-1)40-32-14-6-8-16-34(32)41(35-17-9-7-15-33(35)40)30-19-21-37(42-25-30)29-18-20-31-36-22-27-12-4-5-13-28(27)23-39(36)43-38(31)24-29/h1-25H. The lowest BCUT2D eigenvalue weighted by atomic mass is 9.86. The maximum Gasteiger partial charge on any atom is 0.136 e. The Balaban J connectivity index is 1.18. The summed E-state index contributed by atoms with van der Waals surface area (Å²) in [6.45, 7) is 0. The van der Waals surface area contributed by atoms with Crippen molar-refractivity contribution in [3.05, 3.63) is 152 Å². The molecule has 0 atom stereocenters. The van der Waals surface area contributed by atoms with Gasteiger partial charge in [0.1, 0.15) is 11.2 Å². The molecule has 0 spiro atoms. The Morgan fingerprint density at radius 2 is 0.930 bits per heavy atom. The summed E-state index contributed by atoms with van der Waals surface area (Å²) in [5, 5.41) is 9.61. The SMILES string of the molecule is c1ccc(-c2c3ccccc3c(-c3ccc(-c4ccc5c(c4)oc4cc6ccccc6cc45)nc3)c3ccccc23)cc1. The van der Waals surface area contributed by atoms with E-state index in [-0.39, 0.29) is 0 Å². The van der Waals surface area contributed by atoms with Crippen LogP contribution >= 0.6 is 0 Å². The summed E-state index contributed by atoms with van der Waals surface area (Å²) in [6.07, 6.45) is 2.02. The van der Waals surface area contributed by atoms with E-state index in [2.05, 4.69) is 146 Å². The van der Waals surface area contributed by atoms with Gasteiger partial charge in [-0.25, -0.2) is 0 Å². The van der Waals surface area contributed by atoms with Crippen molar-refractivity contribution < 1.29 is 4.42 Å². The van der Waals surface area contributed by atoms with Crippen molar-refractivity contribution in [2.75, 3.05) is 0 Å². The maximum absolute atomic E-state index is 6.33. The predicted molar refractivity (Wildman–Crippen MR) is 180 cm³/mol. The van der Waals surface area contributed by atoms with Crippen LogP contribution in [0.15, 0.2) is 156 Å². The number of aromatic nitrogens is 1. The van der Waals surface area contributed by atoms with Crippen molar-refractivity contribution in [1.29, 1.82) is 0 Å². The zero-order valence-corrected chi connectivity index (χ0v) is 23.3. The van der Waals surface area contributed by atoms with Gasteiger partial charge in [0.2, 0.25) is 0 Å². The minimum Gasteiger partial charge on any atom is -0.456 e. The smallest absolute Gasteiger partial charge is 0.136 e. The number of fused-ring (bicyclic) bond motifs is 6. The summed E-state index contributed by atoms with van der Waals surface area (Å²) in [4.78, 5) is 4.98. The van der Waals surface area contributed by atoms with Crippen LogP contribution in [0, 0.1) is 0 Å². The molecule has 9 aromatic rings. The topological polar surface area (TPSA) is 26.0 Å². The van der Waals surface area contributed by atoms with Gasteiger partial charge in [0.25, 0.3) is 0 Å². The third-order valence-corrected chi connectivity index (χ3v) is 8.68. The Morgan fingerprint density at radius 1 is 0.372 bits per heavy atom. The molecule has 0 amide bonds. The zero-order chi connectivity index (χ0) is 28.3. The van der Waals surface area contributed by atoms with E-state index < -0.39 is 0 Å². The highest BCUT2D eigenvalue weighted by Gasteiger charge is 2.17. The van der Waals surface area contributed by atoms with Gasteiger partial charge in [-0.3, -0.25) is 4.98 Å². The van der Waals surface area contributed by atoms with Crippen LogP contribution in [-0.2, 0) is 0 Å². The van der Waals surface area contributed by atoms with Crippen LogP contribution in [0.1, 0.15) is 0 Å². The molecule has 2 heterocycles. The van der Waals surface area contributed by atoms with Crippen LogP contribution < -0.4 is 0 Å². The summed E-state index contributed by atoms with van der Waals surface area (Å²) in [5.41, 5.74) is 8.56. The van der Waals surface area contributed by atoms with Crippen molar-refractivity contribution in [2.45, 2.75) is 0 Å². The summed E-state index contributed by atoms with van der Waals surface area (Å²) in [5.74, 6) is 0. The van der Waals surface area contributed by atoms with E-state index in [9.17, 15) is 0 Å². The first-order valence-corrected chi connectivity index (χ1v) is 14.6. The van der Waals surface area contributed by atoms with Crippen LogP contribution in [0.5, 0.6) is 0 Å². The molecule has 0 radical (unpaired) electrons. The fourth-order valence-electron chi connectivity index (χ4n) is 6.69. The second-order valence-electron chi connectivity index (χ2n) is 11.1. The first-order valence-electron chi connectivity index (χ1n) is 14.6. The molecule has 0 bridgehead atoms. The van der Waals surface area contributed by atoms with Gasteiger partial charge in [0.05, 0.1) is 5.69 Å². The number of pyridine rings is 1. The molecule has 0 fully saturated rings. The highest BCUT2D eigenvalue weighted by Crippen LogP contribution is 2.43. The Kier molecular flexibility index (Phi) is 5.23. The van der Waals surface area contributed by atoms with Gasteiger partial charge < -0.3 is 4.42 Å². The largest absolute Gasteiger partial charge is 0.456 e. The molecule has 7 aromatic carbocycles. The molecule has 0 aliphatic carbocycles. The second kappa shape index (κ2) is 9.40. The molecule has 0 aliphatic rings. The molecule has 2 aromatic heterocycles. The fourth-order valence-corrected chi connectivity index (χ4v) is 6.69. The molecular weight excluding hydrogens is 522 g/mol. The number of hydrogen-bond donors (Lipinski definition) is 0. The van der Waals surface area contributed by atoms with Crippen molar-refractivity contribution >= 4 is 54.3 Å². The Morgan fingerprint density at radius 3 is 1.58 bits per heavy atom. The molecule has 2 nitrogen and oxygen atoms in total. The van der Waals surface area contributed by atoms with Crippen molar-refractivity contribution in [1.82, 2.24) is 4.98 Å². The predicted octanol–water partition coefficient (Wildman–Crippen LogP) is 11.4. The third-order valence-electron chi connectivity index (χ3n) is 8.68. The normalized spacial score (nSPS) is 11.7. The monoisotopic (exact) mass is 547 g/mol. The number of rotatable bonds is 3.